The highest BCUT2D eigenvalue weighted by Gasteiger charge is 2.38. The van der Waals surface area contributed by atoms with E-state index < -0.39 is 0 Å². The van der Waals surface area contributed by atoms with E-state index in [1.807, 2.05) is 0 Å². The molecule has 4 aliphatic heterocycles. The zero-order chi connectivity index (χ0) is 11.9. The number of aliphatic imine (C=N–C) groups is 1. The number of piperidine rings is 3. The molecule has 0 saturated carbocycles. The molecule has 2 nitrogen and oxygen atoms in total. The highest BCUT2D eigenvalue weighted by molar-refractivity contribution is 6.11. The number of nitrogens with zero attached hydrogens (tertiary/aromatic N) is 2. The van der Waals surface area contributed by atoms with E-state index in [1.165, 1.54) is 55.2 Å². The van der Waals surface area contributed by atoms with Crippen molar-refractivity contribution in [1.29, 1.82) is 0 Å². The summed E-state index contributed by atoms with van der Waals surface area (Å²) in [6, 6.07) is 10.4. The molecule has 1 aromatic rings. The second-order valence-corrected chi connectivity index (χ2v) is 5.72. The van der Waals surface area contributed by atoms with Crippen molar-refractivity contribution in [2.75, 3.05) is 19.6 Å². The van der Waals surface area contributed by atoms with Crippen molar-refractivity contribution >= 4 is 5.71 Å². The van der Waals surface area contributed by atoms with Gasteiger partial charge in [0.1, 0.15) is 0 Å². The Morgan fingerprint density at radius 2 is 1.94 bits per heavy atom. The van der Waals surface area contributed by atoms with Gasteiger partial charge in [-0.2, -0.15) is 0 Å². The smallest absolute Gasteiger partial charge is 0.0881 e. The van der Waals surface area contributed by atoms with Gasteiger partial charge < -0.3 is 0 Å². The summed E-state index contributed by atoms with van der Waals surface area (Å²) in [5.74, 6) is 0.918. The molecule has 0 aliphatic carbocycles. The van der Waals surface area contributed by atoms with Crippen molar-refractivity contribution < 1.29 is 0 Å². The van der Waals surface area contributed by atoms with Gasteiger partial charge in [-0.1, -0.05) is 24.3 Å². The van der Waals surface area contributed by atoms with Crippen molar-refractivity contribution in [3.63, 3.8) is 0 Å². The van der Waals surface area contributed by atoms with Crippen LogP contribution < -0.4 is 0 Å². The van der Waals surface area contributed by atoms with E-state index in [0.29, 0.717) is 0 Å². The molecule has 0 atom stereocenters. The summed E-state index contributed by atoms with van der Waals surface area (Å²) >= 11 is 0. The first-order chi connectivity index (χ1) is 8.92. The second kappa shape index (κ2) is 4.20. The van der Waals surface area contributed by atoms with Gasteiger partial charge in [-0.3, -0.25) is 9.89 Å². The van der Waals surface area contributed by atoms with E-state index in [4.69, 9.17) is 4.99 Å². The van der Waals surface area contributed by atoms with Crippen molar-refractivity contribution in [3.8, 4) is 0 Å². The molecule has 3 fully saturated rings. The summed E-state index contributed by atoms with van der Waals surface area (Å²) in [5, 5.41) is 0. The van der Waals surface area contributed by atoms with Crippen LogP contribution in [0.5, 0.6) is 0 Å². The van der Waals surface area contributed by atoms with Gasteiger partial charge in [-0.25, -0.2) is 0 Å². The van der Waals surface area contributed by atoms with Gasteiger partial charge in [0.2, 0.25) is 0 Å². The Hall–Kier alpha value is -1.15. The number of rotatable bonds is 1. The standard InChI is InChI=1S/C16H19N2/c1-2-4-14-13(3-1)5-8-17-16(14)15-11-12-6-9-18(15)10-7-12/h1-4,12H,5-11H2. The van der Waals surface area contributed by atoms with Crippen LogP contribution in [0.3, 0.4) is 0 Å². The van der Waals surface area contributed by atoms with Crippen molar-refractivity contribution in [3.05, 3.63) is 41.4 Å². The summed E-state index contributed by atoms with van der Waals surface area (Å²) in [6.45, 7) is 3.47. The first-order valence-corrected chi connectivity index (χ1v) is 7.16. The molecular weight excluding hydrogens is 220 g/mol. The molecule has 3 saturated heterocycles. The van der Waals surface area contributed by atoms with Gasteiger partial charge in [-0.15, -0.1) is 0 Å². The van der Waals surface area contributed by atoms with Crippen LogP contribution in [-0.2, 0) is 6.42 Å². The number of hydrogen-bond acceptors (Lipinski definition) is 2. The molecule has 4 heterocycles. The van der Waals surface area contributed by atoms with Gasteiger partial charge in [0, 0.05) is 12.1 Å². The topological polar surface area (TPSA) is 15.6 Å². The Morgan fingerprint density at radius 3 is 2.72 bits per heavy atom. The molecule has 2 heteroatoms. The minimum Gasteiger partial charge on any atom is -0.290 e. The maximum absolute atomic E-state index is 4.85. The Kier molecular flexibility index (Phi) is 2.51. The molecular formula is C16H19N2. The lowest BCUT2D eigenvalue weighted by atomic mass is 9.79. The molecule has 0 amide bonds. The number of hydrogen-bond donors (Lipinski definition) is 0. The second-order valence-electron chi connectivity index (χ2n) is 5.72. The molecule has 0 unspecified atom stereocenters. The molecule has 93 valence electrons. The third kappa shape index (κ3) is 1.63. The molecule has 2 bridgehead atoms. The predicted molar refractivity (Wildman–Crippen MR) is 73.7 cm³/mol. The van der Waals surface area contributed by atoms with E-state index in [0.717, 1.165) is 18.9 Å². The first-order valence-electron chi connectivity index (χ1n) is 7.16. The minimum atomic E-state index is 0.918. The van der Waals surface area contributed by atoms with Gasteiger partial charge >= 0.3 is 0 Å². The first kappa shape index (κ1) is 10.7. The number of fused-ring (bicyclic) bond motifs is 4. The number of benzene rings is 1. The average molecular weight is 239 g/mol. The predicted octanol–water partition coefficient (Wildman–Crippen LogP) is 2.68. The Balaban J connectivity index is 1.71. The molecule has 0 N–H and O–H groups in total. The fourth-order valence-corrected chi connectivity index (χ4v) is 3.65. The molecule has 4 aliphatic rings. The maximum Gasteiger partial charge on any atom is 0.0881 e. The quantitative estimate of drug-likeness (QED) is 0.735. The Bertz CT molecular complexity index is 484. The summed E-state index contributed by atoms with van der Waals surface area (Å²) < 4.78 is 0. The summed E-state index contributed by atoms with van der Waals surface area (Å²) in [5.41, 5.74) is 4.19. The normalized spacial score (nSPS) is 31.0. The van der Waals surface area contributed by atoms with Crippen LogP contribution in [0.25, 0.3) is 0 Å². The lowest BCUT2D eigenvalue weighted by molar-refractivity contribution is 0.135. The molecule has 18 heavy (non-hydrogen) atoms. The third-order valence-electron chi connectivity index (χ3n) is 4.68. The summed E-state index contributed by atoms with van der Waals surface area (Å²) in [7, 11) is 0. The summed E-state index contributed by atoms with van der Waals surface area (Å²) in [6.07, 6.45) is 5.14. The fourth-order valence-electron chi connectivity index (χ4n) is 3.65. The van der Waals surface area contributed by atoms with E-state index in [2.05, 4.69) is 29.2 Å². The van der Waals surface area contributed by atoms with E-state index in [1.54, 1.807) is 0 Å². The SMILES string of the molecule is c1ccc2c(c1)CCN=C2[C]1CC2CCN1CC2. The largest absolute Gasteiger partial charge is 0.290 e. The Labute approximate surface area is 109 Å². The lowest BCUT2D eigenvalue weighted by Gasteiger charge is -2.45. The van der Waals surface area contributed by atoms with Crippen LogP contribution in [0.1, 0.15) is 30.4 Å². The molecule has 5 rings (SSSR count). The van der Waals surface area contributed by atoms with Crippen molar-refractivity contribution in [2.24, 2.45) is 10.9 Å². The molecule has 0 spiro atoms. The molecule has 1 radical (unpaired) electrons. The maximum atomic E-state index is 4.85. The van der Waals surface area contributed by atoms with Crippen LogP contribution in [0.4, 0.5) is 0 Å². The van der Waals surface area contributed by atoms with Crippen LogP contribution >= 0.6 is 0 Å². The van der Waals surface area contributed by atoms with E-state index in [-0.39, 0.29) is 0 Å². The molecule has 0 aromatic heterocycles. The average Bonchev–Trinajstić information content (AvgIpc) is 2.48. The van der Waals surface area contributed by atoms with Crippen molar-refractivity contribution in [1.82, 2.24) is 4.90 Å². The van der Waals surface area contributed by atoms with E-state index >= 15 is 0 Å². The van der Waals surface area contributed by atoms with Gasteiger partial charge in [0.25, 0.3) is 0 Å². The fraction of sp³-hybridized carbons (Fsp3) is 0.500. The van der Waals surface area contributed by atoms with Crippen LogP contribution in [-0.4, -0.2) is 30.2 Å². The summed E-state index contributed by atoms with van der Waals surface area (Å²) in [4.78, 5) is 7.44. The van der Waals surface area contributed by atoms with Crippen LogP contribution in [0.15, 0.2) is 29.3 Å². The minimum absolute atomic E-state index is 0.918. The van der Waals surface area contributed by atoms with Crippen molar-refractivity contribution in [2.45, 2.75) is 25.7 Å². The molecule has 1 aromatic carbocycles. The lowest BCUT2D eigenvalue weighted by Crippen LogP contribution is -2.47. The zero-order valence-corrected chi connectivity index (χ0v) is 10.7. The van der Waals surface area contributed by atoms with Gasteiger partial charge in [-0.05, 0) is 50.3 Å². The van der Waals surface area contributed by atoms with Crippen LogP contribution in [0.2, 0.25) is 0 Å². The highest BCUT2D eigenvalue weighted by atomic mass is 15.2. The third-order valence-corrected chi connectivity index (χ3v) is 4.68. The van der Waals surface area contributed by atoms with Gasteiger partial charge in [0.05, 0.1) is 11.8 Å². The Morgan fingerprint density at radius 1 is 1.11 bits per heavy atom. The highest BCUT2D eigenvalue weighted by Crippen LogP contribution is 2.39. The van der Waals surface area contributed by atoms with E-state index in [9.17, 15) is 0 Å². The zero-order valence-electron chi connectivity index (χ0n) is 10.7. The van der Waals surface area contributed by atoms with Crippen LogP contribution in [0, 0.1) is 12.0 Å². The monoisotopic (exact) mass is 239 g/mol. The van der Waals surface area contributed by atoms with Gasteiger partial charge in [0.15, 0.2) is 0 Å².